The first-order chi connectivity index (χ1) is 16.3. The molecule has 2 nitrogen and oxygen atoms in total. The Kier molecular flexibility index (Phi) is 11.4. The molecule has 1 amide bonds. The van der Waals surface area contributed by atoms with Gasteiger partial charge in [0.05, 0.1) is 0 Å². The lowest BCUT2D eigenvalue weighted by Crippen LogP contribution is -2.38. The van der Waals surface area contributed by atoms with Crippen molar-refractivity contribution >= 4 is 17.5 Å². The third-order valence-corrected chi connectivity index (χ3v) is 7.67. The van der Waals surface area contributed by atoms with E-state index in [4.69, 9.17) is 11.6 Å². The quantitative estimate of drug-likeness (QED) is 0.434. The first-order valence-electron chi connectivity index (χ1n) is 13.0. The van der Waals surface area contributed by atoms with Crippen LogP contribution in [0.25, 0.3) is 0 Å². The van der Waals surface area contributed by atoms with E-state index >= 15 is 0 Å². The van der Waals surface area contributed by atoms with E-state index in [1.807, 2.05) is 31.2 Å². The highest BCUT2D eigenvalue weighted by Gasteiger charge is 2.22. The van der Waals surface area contributed by atoms with Crippen LogP contribution in [0.5, 0.6) is 0 Å². The van der Waals surface area contributed by atoms with Gasteiger partial charge in [-0.2, -0.15) is 0 Å². The van der Waals surface area contributed by atoms with Crippen molar-refractivity contribution in [1.29, 1.82) is 0 Å². The van der Waals surface area contributed by atoms with Gasteiger partial charge in [-0.3, -0.25) is 4.79 Å². The summed E-state index contributed by atoms with van der Waals surface area (Å²) in [5.74, 6) is 1.32. The molecule has 2 aromatic carbocycles. The average molecular weight is 482 g/mol. The fourth-order valence-corrected chi connectivity index (χ4v) is 5.53. The molecule has 1 fully saturated rings. The molecule has 2 aliphatic rings. The molecule has 0 saturated heterocycles. The summed E-state index contributed by atoms with van der Waals surface area (Å²) in [7, 11) is 0. The SMILES string of the molecule is C=C.Cc1c(Cl)cc(C(C)C)c2c1CCC2.Cc1cccc(C(=O)NC(C)C2CCCCC2)c1. The molecule has 34 heavy (non-hydrogen) atoms. The Morgan fingerprint density at radius 3 is 2.24 bits per heavy atom. The molecule has 0 radical (unpaired) electrons. The second-order valence-corrected chi connectivity index (χ2v) is 10.5. The van der Waals surface area contributed by atoms with Gasteiger partial charge in [0.1, 0.15) is 0 Å². The molecule has 0 aromatic heterocycles. The lowest BCUT2D eigenvalue weighted by Gasteiger charge is -2.28. The molecule has 2 aromatic rings. The number of aryl methyl sites for hydroxylation is 1. The number of amides is 1. The Hall–Kier alpha value is -2.06. The minimum Gasteiger partial charge on any atom is -0.349 e. The summed E-state index contributed by atoms with van der Waals surface area (Å²) in [4.78, 5) is 12.1. The van der Waals surface area contributed by atoms with Gasteiger partial charge >= 0.3 is 0 Å². The van der Waals surface area contributed by atoms with Gasteiger partial charge < -0.3 is 5.32 Å². The van der Waals surface area contributed by atoms with E-state index < -0.39 is 0 Å². The number of carbonyl (C=O) groups excluding carboxylic acids is 1. The molecular formula is C31H44ClNO. The van der Waals surface area contributed by atoms with Gasteiger partial charge in [-0.1, -0.05) is 62.4 Å². The second-order valence-electron chi connectivity index (χ2n) is 10.1. The minimum atomic E-state index is 0.0665. The molecule has 2 aliphatic carbocycles. The predicted molar refractivity (Wildman–Crippen MR) is 148 cm³/mol. The van der Waals surface area contributed by atoms with Gasteiger partial charge in [0.15, 0.2) is 0 Å². The number of benzene rings is 2. The fraction of sp³-hybridized carbons (Fsp3) is 0.516. The summed E-state index contributed by atoms with van der Waals surface area (Å²) < 4.78 is 0. The normalized spacial score (nSPS) is 16.0. The highest BCUT2D eigenvalue weighted by Crippen LogP contribution is 2.36. The Labute approximate surface area is 213 Å². The van der Waals surface area contributed by atoms with Crippen molar-refractivity contribution in [2.24, 2.45) is 5.92 Å². The van der Waals surface area contributed by atoms with E-state index in [1.54, 1.807) is 5.56 Å². The van der Waals surface area contributed by atoms with Gasteiger partial charge in [0, 0.05) is 16.6 Å². The van der Waals surface area contributed by atoms with Gasteiger partial charge in [-0.25, -0.2) is 0 Å². The third-order valence-electron chi connectivity index (χ3n) is 7.28. The Bertz CT molecular complexity index is 943. The molecule has 0 bridgehead atoms. The maximum atomic E-state index is 12.1. The highest BCUT2D eigenvalue weighted by molar-refractivity contribution is 6.31. The number of nitrogens with one attached hydrogen (secondary N) is 1. The van der Waals surface area contributed by atoms with Crippen LogP contribution in [0.3, 0.4) is 0 Å². The van der Waals surface area contributed by atoms with E-state index in [1.165, 1.54) is 68.1 Å². The number of fused-ring (bicyclic) bond motifs is 1. The molecule has 0 heterocycles. The summed E-state index contributed by atoms with van der Waals surface area (Å²) in [5.41, 5.74) is 7.80. The first kappa shape index (κ1) is 28.2. The highest BCUT2D eigenvalue weighted by atomic mass is 35.5. The molecular weight excluding hydrogens is 438 g/mol. The summed E-state index contributed by atoms with van der Waals surface area (Å²) >= 11 is 6.24. The lowest BCUT2D eigenvalue weighted by molar-refractivity contribution is 0.0919. The second kappa shape index (κ2) is 13.7. The molecule has 0 aliphatic heterocycles. The van der Waals surface area contributed by atoms with Crippen LogP contribution < -0.4 is 5.32 Å². The van der Waals surface area contributed by atoms with Crippen LogP contribution in [0.4, 0.5) is 0 Å². The van der Waals surface area contributed by atoms with Crippen molar-refractivity contribution in [3.8, 4) is 0 Å². The summed E-state index contributed by atoms with van der Waals surface area (Å²) in [6, 6.07) is 10.2. The molecule has 1 unspecified atom stereocenters. The van der Waals surface area contributed by atoms with E-state index in [-0.39, 0.29) is 5.91 Å². The molecule has 1 atom stereocenters. The number of halogens is 1. The van der Waals surface area contributed by atoms with Crippen molar-refractivity contribution in [2.45, 2.75) is 97.9 Å². The zero-order chi connectivity index (χ0) is 25.3. The molecule has 1 N–H and O–H groups in total. The molecule has 0 spiro atoms. The van der Waals surface area contributed by atoms with Crippen molar-refractivity contribution in [3.63, 3.8) is 0 Å². The maximum Gasteiger partial charge on any atom is 0.251 e. The van der Waals surface area contributed by atoms with E-state index in [0.717, 1.165) is 16.1 Å². The fourth-order valence-electron chi connectivity index (χ4n) is 5.30. The van der Waals surface area contributed by atoms with Crippen LogP contribution in [0.15, 0.2) is 43.5 Å². The van der Waals surface area contributed by atoms with Gasteiger partial charge in [0.2, 0.25) is 0 Å². The largest absolute Gasteiger partial charge is 0.349 e. The van der Waals surface area contributed by atoms with Crippen molar-refractivity contribution in [2.75, 3.05) is 0 Å². The number of hydrogen-bond acceptors (Lipinski definition) is 1. The predicted octanol–water partition coefficient (Wildman–Crippen LogP) is 8.76. The average Bonchev–Trinajstić information content (AvgIpc) is 3.34. The van der Waals surface area contributed by atoms with Crippen LogP contribution >= 0.6 is 11.6 Å². The van der Waals surface area contributed by atoms with E-state index in [2.05, 4.69) is 52.2 Å². The van der Waals surface area contributed by atoms with Gasteiger partial charge in [0.25, 0.3) is 5.91 Å². The first-order valence-corrected chi connectivity index (χ1v) is 13.3. The Morgan fingerprint density at radius 2 is 1.62 bits per heavy atom. The Balaban J connectivity index is 0.000000230. The van der Waals surface area contributed by atoms with Crippen LogP contribution in [0, 0.1) is 19.8 Å². The Morgan fingerprint density at radius 1 is 0.971 bits per heavy atom. The van der Waals surface area contributed by atoms with E-state index in [0.29, 0.717) is 17.9 Å². The molecule has 4 rings (SSSR count). The molecule has 1 saturated carbocycles. The zero-order valence-electron chi connectivity index (χ0n) is 22.0. The van der Waals surface area contributed by atoms with Crippen molar-refractivity contribution in [1.82, 2.24) is 5.32 Å². The number of carbonyl (C=O) groups is 1. The zero-order valence-corrected chi connectivity index (χ0v) is 22.7. The lowest BCUT2D eigenvalue weighted by atomic mass is 9.84. The topological polar surface area (TPSA) is 29.1 Å². The van der Waals surface area contributed by atoms with Crippen LogP contribution in [-0.4, -0.2) is 11.9 Å². The molecule has 186 valence electrons. The van der Waals surface area contributed by atoms with Crippen molar-refractivity contribution in [3.05, 3.63) is 81.9 Å². The summed E-state index contributed by atoms with van der Waals surface area (Å²) in [5, 5.41) is 4.11. The smallest absolute Gasteiger partial charge is 0.251 e. The minimum absolute atomic E-state index is 0.0665. The van der Waals surface area contributed by atoms with Crippen LogP contribution in [0.1, 0.15) is 103 Å². The van der Waals surface area contributed by atoms with E-state index in [9.17, 15) is 4.79 Å². The van der Waals surface area contributed by atoms with Crippen LogP contribution in [0.2, 0.25) is 5.02 Å². The summed E-state index contributed by atoms with van der Waals surface area (Å²) in [6.45, 7) is 16.8. The van der Waals surface area contributed by atoms with Crippen LogP contribution in [-0.2, 0) is 12.8 Å². The van der Waals surface area contributed by atoms with Gasteiger partial charge in [-0.05, 0) is 105 Å². The monoisotopic (exact) mass is 481 g/mol. The third kappa shape index (κ3) is 7.47. The standard InChI is InChI=1S/C16H23NO.C13H17Cl.C2H4/c1-12-7-6-10-15(11-12)16(18)17-13(2)14-8-4-3-5-9-14;1-8(2)12-7-13(14)9(3)10-5-4-6-11(10)12;1-2/h6-7,10-11,13-14H,3-5,8-9H2,1-2H3,(H,17,18);7-8H,4-6H2,1-3H3;1-2H2. The maximum absolute atomic E-state index is 12.1. The molecule has 3 heteroatoms. The number of hydrogen-bond donors (Lipinski definition) is 1. The van der Waals surface area contributed by atoms with Gasteiger partial charge in [-0.15, -0.1) is 13.2 Å². The summed E-state index contributed by atoms with van der Waals surface area (Å²) in [6.07, 6.45) is 10.3. The van der Waals surface area contributed by atoms with Crippen molar-refractivity contribution < 1.29 is 4.79 Å². The number of rotatable bonds is 4.